The van der Waals surface area contributed by atoms with Crippen LogP contribution in [0.4, 0.5) is 0 Å². The summed E-state index contributed by atoms with van der Waals surface area (Å²) in [6, 6.07) is 0.195. The van der Waals surface area contributed by atoms with Crippen LogP contribution < -0.4 is 5.69 Å². The monoisotopic (exact) mass is 281 g/mol. The predicted octanol–water partition coefficient (Wildman–Crippen LogP) is -0.620. The smallest absolute Gasteiger partial charge is 0.335 e. The summed E-state index contributed by atoms with van der Waals surface area (Å²) in [6.45, 7) is 6.72. The molecule has 1 atom stereocenters. The summed E-state index contributed by atoms with van der Waals surface area (Å²) >= 11 is 0. The number of rotatable bonds is 3. The van der Waals surface area contributed by atoms with Gasteiger partial charge in [0.1, 0.15) is 12.9 Å². The Kier molecular flexibility index (Phi) is 4.27. The van der Waals surface area contributed by atoms with Crippen LogP contribution in [0.15, 0.2) is 11.1 Å². The molecule has 0 saturated carbocycles. The zero-order chi connectivity index (χ0) is 14.9. The molecule has 1 saturated heterocycles. The molecule has 1 fully saturated rings. The van der Waals surface area contributed by atoms with Gasteiger partial charge < -0.3 is 9.80 Å². The lowest BCUT2D eigenvalue weighted by molar-refractivity contribution is -0.138. The number of likely N-dealkylation sites (N-methyl/N-ethyl adjacent to an activating group) is 1. The van der Waals surface area contributed by atoms with E-state index in [9.17, 15) is 9.59 Å². The molecule has 0 aromatic carbocycles. The molecule has 2 rings (SSSR count). The molecule has 20 heavy (non-hydrogen) atoms. The van der Waals surface area contributed by atoms with Crippen LogP contribution in [0.1, 0.15) is 13.8 Å². The summed E-state index contributed by atoms with van der Waals surface area (Å²) in [5.41, 5.74) is -0.256. The maximum atomic E-state index is 12.4. The van der Waals surface area contributed by atoms with Gasteiger partial charge in [0.2, 0.25) is 5.91 Å². The van der Waals surface area contributed by atoms with Crippen LogP contribution in [0.3, 0.4) is 0 Å². The third-order valence-electron chi connectivity index (χ3n) is 3.88. The molecule has 1 aromatic heterocycles. The largest absolute Gasteiger partial charge is 0.345 e. The fourth-order valence-electron chi connectivity index (χ4n) is 2.58. The van der Waals surface area contributed by atoms with Crippen LogP contribution in [-0.2, 0) is 18.4 Å². The van der Waals surface area contributed by atoms with Crippen molar-refractivity contribution in [1.29, 1.82) is 0 Å². The molecule has 1 aliphatic rings. The number of aryl methyl sites for hydroxylation is 1. The number of piperazine rings is 1. The number of carbonyl (C=O) groups excluding carboxylic acids is 1. The first-order valence-corrected chi connectivity index (χ1v) is 6.96. The van der Waals surface area contributed by atoms with Crippen molar-refractivity contribution < 1.29 is 4.79 Å². The lowest BCUT2D eigenvalue weighted by Gasteiger charge is -2.42. The van der Waals surface area contributed by atoms with Crippen molar-refractivity contribution in [3.8, 4) is 0 Å². The van der Waals surface area contributed by atoms with Gasteiger partial charge in [0.25, 0.3) is 0 Å². The number of nitrogens with zero attached hydrogens (tertiary/aromatic N) is 5. The highest BCUT2D eigenvalue weighted by atomic mass is 16.2. The first-order valence-electron chi connectivity index (χ1n) is 6.96. The second-order valence-corrected chi connectivity index (χ2v) is 5.84. The van der Waals surface area contributed by atoms with Crippen molar-refractivity contribution in [1.82, 2.24) is 24.1 Å². The molecule has 0 N–H and O–H groups in total. The van der Waals surface area contributed by atoms with E-state index in [4.69, 9.17) is 0 Å². The molecule has 2 heterocycles. The molecule has 0 spiro atoms. The number of hydrogen-bond donors (Lipinski definition) is 0. The molecule has 7 heteroatoms. The van der Waals surface area contributed by atoms with Gasteiger partial charge in [0.15, 0.2) is 0 Å². The van der Waals surface area contributed by atoms with E-state index in [0.29, 0.717) is 12.5 Å². The van der Waals surface area contributed by atoms with E-state index < -0.39 is 0 Å². The summed E-state index contributed by atoms with van der Waals surface area (Å²) in [4.78, 5) is 28.3. The standard InChI is InChI=1S/C13H23N5O2/c1-10(2)11-7-15(3)5-6-17(11)12(19)8-18-13(20)16(4)9-14-18/h9-11H,5-8H2,1-4H3. The zero-order valence-electron chi connectivity index (χ0n) is 12.6. The summed E-state index contributed by atoms with van der Waals surface area (Å²) in [6.07, 6.45) is 1.43. The van der Waals surface area contributed by atoms with Crippen LogP contribution in [0.2, 0.25) is 0 Å². The van der Waals surface area contributed by atoms with E-state index in [2.05, 4.69) is 30.9 Å². The zero-order valence-corrected chi connectivity index (χ0v) is 12.6. The van der Waals surface area contributed by atoms with Crippen molar-refractivity contribution in [2.75, 3.05) is 26.7 Å². The average Bonchev–Trinajstić information content (AvgIpc) is 2.70. The lowest BCUT2D eigenvalue weighted by atomic mass is 9.99. The van der Waals surface area contributed by atoms with Gasteiger partial charge in [-0.25, -0.2) is 9.48 Å². The van der Waals surface area contributed by atoms with Crippen molar-refractivity contribution in [3.63, 3.8) is 0 Å². The summed E-state index contributed by atoms with van der Waals surface area (Å²) in [5, 5.41) is 3.94. The highest BCUT2D eigenvalue weighted by Crippen LogP contribution is 2.16. The van der Waals surface area contributed by atoms with E-state index in [1.54, 1.807) is 7.05 Å². The second-order valence-electron chi connectivity index (χ2n) is 5.84. The minimum atomic E-state index is -0.256. The quantitative estimate of drug-likeness (QED) is 0.741. The fraction of sp³-hybridized carbons (Fsp3) is 0.769. The number of hydrogen-bond acceptors (Lipinski definition) is 4. The number of carbonyl (C=O) groups is 1. The van der Waals surface area contributed by atoms with E-state index in [0.717, 1.165) is 13.1 Å². The topological polar surface area (TPSA) is 63.4 Å². The van der Waals surface area contributed by atoms with Crippen molar-refractivity contribution >= 4 is 5.91 Å². The number of aromatic nitrogens is 3. The molecule has 0 bridgehead atoms. The molecule has 0 aliphatic carbocycles. The molecule has 0 radical (unpaired) electrons. The Labute approximate surface area is 118 Å². The molecule has 1 aliphatic heterocycles. The molecular formula is C13H23N5O2. The molecular weight excluding hydrogens is 258 g/mol. The highest BCUT2D eigenvalue weighted by molar-refractivity contribution is 5.76. The van der Waals surface area contributed by atoms with Gasteiger partial charge in [0.05, 0.1) is 0 Å². The lowest BCUT2D eigenvalue weighted by Crippen LogP contribution is -2.57. The van der Waals surface area contributed by atoms with Crippen molar-refractivity contribution in [3.05, 3.63) is 16.8 Å². The molecule has 112 valence electrons. The minimum absolute atomic E-state index is 0.0204. The molecule has 1 amide bonds. The van der Waals surface area contributed by atoms with E-state index in [1.165, 1.54) is 15.6 Å². The van der Waals surface area contributed by atoms with Crippen LogP contribution in [0.25, 0.3) is 0 Å². The van der Waals surface area contributed by atoms with Gasteiger partial charge in [-0.05, 0) is 13.0 Å². The van der Waals surface area contributed by atoms with E-state index in [-0.39, 0.29) is 24.2 Å². The first-order chi connectivity index (χ1) is 9.40. The van der Waals surface area contributed by atoms with Gasteiger partial charge >= 0.3 is 5.69 Å². The summed E-state index contributed by atoms with van der Waals surface area (Å²) in [5.74, 6) is 0.361. The van der Waals surface area contributed by atoms with Crippen molar-refractivity contribution in [2.45, 2.75) is 26.4 Å². The third-order valence-corrected chi connectivity index (χ3v) is 3.88. The highest BCUT2D eigenvalue weighted by Gasteiger charge is 2.31. The van der Waals surface area contributed by atoms with Crippen LogP contribution in [0, 0.1) is 5.92 Å². The summed E-state index contributed by atoms with van der Waals surface area (Å²) < 4.78 is 2.59. The van der Waals surface area contributed by atoms with Crippen LogP contribution in [0.5, 0.6) is 0 Å². The normalized spacial score (nSPS) is 20.6. The van der Waals surface area contributed by atoms with Crippen LogP contribution in [-0.4, -0.2) is 62.8 Å². The Hall–Kier alpha value is -1.63. The molecule has 7 nitrogen and oxygen atoms in total. The van der Waals surface area contributed by atoms with Gasteiger partial charge in [-0.2, -0.15) is 5.10 Å². The number of amides is 1. The molecule has 1 unspecified atom stereocenters. The predicted molar refractivity (Wildman–Crippen MR) is 75.3 cm³/mol. The maximum absolute atomic E-state index is 12.4. The second kappa shape index (κ2) is 5.78. The van der Waals surface area contributed by atoms with Gasteiger partial charge in [-0.3, -0.25) is 9.36 Å². The van der Waals surface area contributed by atoms with E-state index >= 15 is 0 Å². The Balaban J connectivity index is 2.11. The Bertz CT molecular complexity index is 533. The first kappa shape index (κ1) is 14.8. The average molecular weight is 281 g/mol. The SMILES string of the molecule is CC(C)C1CN(C)CCN1C(=O)Cn1ncn(C)c1=O. The Morgan fingerprint density at radius 1 is 1.40 bits per heavy atom. The Morgan fingerprint density at radius 2 is 2.10 bits per heavy atom. The maximum Gasteiger partial charge on any atom is 0.345 e. The summed E-state index contributed by atoms with van der Waals surface area (Å²) in [7, 11) is 3.70. The Morgan fingerprint density at radius 3 is 2.65 bits per heavy atom. The van der Waals surface area contributed by atoms with E-state index in [1.807, 2.05) is 4.90 Å². The van der Waals surface area contributed by atoms with Crippen LogP contribution >= 0.6 is 0 Å². The van der Waals surface area contributed by atoms with Crippen molar-refractivity contribution in [2.24, 2.45) is 13.0 Å². The fourth-order valence-corrected chi connectivity index (χ4v) is 2.58. The third kappa shape index (κ3) is 2.92. The molecule has 1 aromatic rings. The van der Waals surface area contributed by atoms with Gasteiger partial charge in [-0.1, -0.05) is 13.8 Å². The van der Waals surface area contributed by atoms with Gasteiger partial charge in [0, 0.05) is 32.7 Å². The minimum Gasteiger partial charge on any atom is -0.335 e. The van der Waals surface area contributed by atoms with Gasteiger partial charge in [-0.15, -0.1) is 0 Å².